The Hall–Kier alpha value is -3.14. The zero-order chi connectivity index (χ0) is 21.9. The lowest BCUT2D eigenvalue weighted by Gasteiger charge is -2.21. The smallest absolute Gasteiger partial charge is 0.237 e. The highest BCUT2D eigenvalue weighted by Crippen LogP contribution is 2.33. The van der Waals surface area contributed by atoms with Gasteiger partial charge < -0.3 is 15.0 Å². The van der Waals surface area contributed by atoms with Gasteiger partial charge in [0.2, 0.25) is 11.8 Å². The molecule has 0 fully saturated rings. The lowest BCUT2D eigenvalue weighted by Crippen LogP contribution is -2.27. The van der Waals surface area contributed by atoms with E-state index in [1.807, 2.05) is 63.1 Å². The number of para-hydroxylation sites is 1. The third-order valence-electron chi connectivity index (χ3n) is 4.40. The van der Waals surface area contributed by atoms with Crippen LogP contribution in [0.15, 0.2) is 41.8 Å². The Morgan fingerprint density at radius 1 is 1.17 bits per heavy atom. The number of benzene rings is 1. The van der Waals surface area contributed by atoms with Crippen LogP contribution in [0.2, 0.25) is 0 Å². The van der Waals surface area contributed by atoms with E-state index in [9.17, 15) is 8.42 Å². The first kappa shape index (κ1) is 21.6. The van der Waals surface area contributed by atoms with Crippen LogP contribution in [0.3, 0.4) is 0 Å². The van der Waals surface area contributed by atoms with Gasteiger partial charge in [0.15, 0.2) is 21.3 Å². The number of aromatic amines is 1. The van der Waals surface area contributed by atoms with Gasteiger partial charge in [0.05, 0.1) is 0 Å². The van der Waals surface area contributed by atoms with Crippen molar-refractivity contribution in [1.29, 1.82) is 0 Å². The molecular weight excluding hydrogens is 404 g/mol. The summed E-state index contributed by atoms with van der Waals surface area (Å²) in [7, 11) is -1.31. The average Bonchev–Trinajstić information content (AvgIpc) is 3.09. The van der Waals surface area contributed by atoms with Crippen molar-refractivity contribution in [3.8, 4) is 11.6 Å². The molecule has 0 spiro atoms. The number of nitrogens with one attached hydrogen (secondary N) is 2. The van der Waals surface area contributed by atoms with Gasteiger partial charge in [-0.15, -0.1) is 0 Å². The normalized spacial score (nSPS) is 13.1. The highest BCUT2D eigenvalue weighted by Gasteiger charge is 2.20. The predicted molar refractivity (Wildman–Crippen MR) is 119 cm³/mol. The van der Waals surface area contributed by atoms with Gasteiger partial charge >= 0.3 is 0 Å². The topological polar surface area (TPSA) is 113 Å². The lowest BCUT2D eigenvalue weighted by atomic mass is 10.3. The fraction of sp³-hybridized carbons (Fsp3) is 0.350. The molecule has 2 N–H and O–H groups in total. The Bertz CT molecular complexity index is 1140. The second-order valence-electron chi connectivity index (χ2n) is 7.34. The van der Waals surface area contributed by atoms with Gasteiger partial charge in [-0.1, -0.05) is 24.3 Å². The maximum absolute atomic E-state index is 11.4. The van der Waals surface area contributed by atoms with Gasteiger partial charge in [0.25, 0.3) is 0 Å². The van der Waals surface area contributed by atoms with Gasteiger partial charge in [-0.25, -0.2) is 8.42 Å². The van der Waals surface area contributed by atoms with Gasteiger partial charge in [-0.3, -0.25) is 5.10 Å². The summed E-state index contributed by atoms with van der Waals surface area (Å²) in [6, 6.07) is 9.22. The van der Waals surface area contributed by atoms with E-state index < -0.39 is 9.84 Å². The highest BCUT2D eigenvalue weighted by atomic mass is 32.2. The first-order valence-electron chi connectivity index (χ1n) is 9.50. The summed E-state index contributed by atoms with van der Waals surface area (Å²) in [6.45, 7) is 5.91. The molecule has 1 aromatic carbocycles. The molecule has 0 aliphatic carbocycles. The fourth-order valence-corrected chi connectivity index (χ4v) is 3.10. The summed E-state index contributed by atoms with van der Waals surface area (Å²) >= 11 is 0. The minimum Gasteiger partial charge on any atom is -0.438 e. The van der Waals surface area contributed by atoms with Crippen molar-refractivity contribution < 1.29 is 13.2 Å². The van der Waals surface area contributed by atoms with Crippen LogP contribution < -0.4 is 15.0 Å². The van der Waals surface area contributed by atoms with E-state index in [1.165, 1.54) is 0 Å². The van der Waals surface area contributed by atoms with Gasteiger partial charge in [-0.2, -0.15) is 15.1 Å². The molecule has 0 amide bonds. The van der Waals surface area contributed by atoms with E-state index in [1.54, 1.807) is 6.08 Å². The van der Waals surface area contributed by atoms with Gasteiger partial charge in [0, 0.05) is 30.8 Å². The molecule has 0 radical (unpaired) electrons. The average molecular weight is 431 g/mol. The Kier molecular flexibility index (Phi) is 6.25. The molecule has 1 atom stereocenters. The van der Waals surface area contributed by atoms with Gasteiger partial charge in [0.1, 0.15) is 11.1 Å². The molecule has 30 heavy (non-hydrogen) atoms. The number of fused-ring (bicyclic) bond motifs is 1. The molecule has 2 aromatic heterocycles. The number of aromatic nitrogens is 4. The Morgan fingerprint density at radius 3 is 2.50 bits per heavy atom. The number of nitrogens with zero attached hydrogens (tertiary/aromatic N) is 4. The molecule has 10 heteroatoms. The SMILES string of the molecule is CC(C)N(C)c1nc(Oc2ccccc2)c2c(N[C@H](C)/C=C/S(C)(=O)=O)n[nH]c2n1. The van der Waals surface area contributed by atoms with E-state index in [0.29, 0.717) is 34.4 Å². The molecule has 0 unspecified atom stereocenters. The molecule has 0 saturated carbocycles. The molecule has 160 valence electrons. The zero-order valence-electron chi connectivity index (χ0n) is 17.6. The van der Waals surface area contributed by atoms with Crippen LogP contribution in [0.25, 0.3) is 11.0 Å². The number of anilines is 2. The molecule has 3 rings (SSSR count). The first-order chi connectivity index (χ1) is 14.1. The van der Waals surface area contributed by atoms with E-state index in [0.717, 1.165) is 11.7 Å². The van der Waals surface area contributed by atoms with Crippen molar-refractivity contribution in [2.75, 3.05) is 23.5 Å². The van der Waals surface area contributed by atoms with Crippen LogP contribution in [0.1, 0.15) is 20.8 Å². The molecule has 0 saturated heterocycles. The van der Waals surface area contributed by atoms with E-state index in [2.05, 4.69) is 25.5 Å². The molecule has 0 aliphatic heterocycles. The second kappa shape index (κ2) is 8.70. The highest BCUT2D eigenvalue weighted by molar-refractivity contribution is 7.93. The number of hydrogen-bond donors (Lipinski definition) is 2. The number of rotatable bonds is 8. The van der Waals surface area contributed by atoms with Gasteiger partial charge in [-0.05, 0) is 32.9 Å². The minimum absolute atomic E-state index is 0.189. The van der Waals surface area contributed by atoms with Crippen molar-refractivity contribution in [2.45, 2.75) is 32.9 Å². The van der Waals surface area contributed by atoms with Crippen LogP contribution in [-0.4, -0.2) is 54.0 Å². The van der Waals surface area contributed by atoms with Crippen molar-refractivity contribution >= 4 is 32.6 Å². The molecule has 3 aromatic rings. The number of H-pyrrole nitrogens is 1. The van der Waals surface area contributed by atoms with E-state index in [-0.39, 0.29) is 12.1 Å². The predicted octanol–water partition coefficient (Wildman–Crippen LogP) is 3.35. The Labute approximate surface area is 176 Å². The van der Waals surface area contributed by atoms with Crippen molar-refractivity contribution in [1.82, 2.24) is 20.2 Å². The Morgan fingerprint density at radius 2 is 1.87 bits per heavy atom. The van der Waals surface area contributed by atoms with Crippen LogP contribution >= 0.6 is 0 Å². The lowest BCUT2D eigenvalue weighted by molar-refractivity contribution is 0.467. The van der Waals surface area contributed by atoms with Crippen molar-refractivity contribution in [3.05, 3.63) is 41.8 Å². The monoisotopic (exact) mass is 430 g/mol. The van der Waals surface area contributed by atoms with Crippen molar-refractivity contribution in [3.63, 3.8) is 0 Å². The number of ether oxygens (including phenoxy) is 1. The number of sulfone groups is 1. The third-order valence-corrected chi connectivity index (χ3v) is 5.05. The second-order valence-corrected chi connectivity index (χ2v) is 9.27. The molecular formula is C20H26N6O3S. The largest absolute Gasteiger partial charge is 0.438 e. The Balaban J connectivity index is 2.04. The summed E-state index contributed by atoms with van der Waals surface area (Å²) in [5.74, 6) is 1.96. The molecule has 0 bridgehead atoms. The summed E-state index contributed by atoms with van der Waals surface area (Å²) < 4.78 is 28.8. The summed E-state index contributed by atoms with van der Waals surface area (Å²) in [5, 5.41) is 12.1. The van der Waals surface area contributed by atoms with Crippen LogP contribution in [-0.2, 0) is 9.84 Å². The molecule has 9 nitrogen and oxygen atoms in total. The van der Waals surface area contributed by atoms with Crippen LogP contribution in [0.4, 0.5) is 11.8 Å². The third kappa shape index (κ3) is 5.26. The summed E-state index contributed by atoms with van der Waals surface area (Å²) in [5.41, 5.74) is 0.514. The molecule has 2 heterocycles. The minimum atomic E-state index is -3.22. The van der Waals surface area contributed by atoms with Crippen LogP contribution in [0, 0.1) is 0 Å². The standard InChI is InChI=1S/C20H26N6O3S/c1-13(2)26(4)20-22-18-16(19(23-20)29-15-9-7-6-8-10-15)17(24-25-18)21-14(3)11-12-30(5,27)28/h6-14H,1-5H3,(H2,21,22,23,24,25)/b12-11+/t14-/m1/s1. The quantitative estimate of drug-likeness (QED) is 0.559. The van der Waals surface area contributed by atoms with Crippen LogP contribution in [0.5, 0.6) is 11.6 Å². The fourth-order valence-electron chi connectivity index (χ4n) is 2.58. The van der Waals surface area contributed by atoms with E-state index in [4.69, 9.17) is 4.74 Å². The first-order valence-corrected chi connectivity index (χ1v) is 11.5. The van der Waals surface area contributed by atoms with Crippen molar-refractivity contribution in [2.24, 2.45) is 0 Å². The maximum Gasteiger partial charge on any atom is 0.237 e. The maximum atomic E-state index is 11.4. The zero-order valence-corrected chi connectivity index (χ0v) is 18.4. The summed E-state index contributed by atoms with van der Waals surface area (Å²) in [4.78, 5) is 11.1. The molecule has 0 aliphatic rings. The summed E-state index contributed by atoms with van der Waals surface area (Å²) in [6.07, 6.45) is 2.70. The number of hydrogen-bond acceptors (Lipinski definition) is 8. The van der Waals surface area contributed by atoms with E-state index >= 15 is 0 Å².